The average Bonchev–Trinajstić information content (AvgIpc) is 2.89. The highest BCUT2D eigenvalue weighted by Crippen LogP contribution is 2.32. The molecule has 0 bridgehead atoms. The van der Waals surface area contributed by atoms with Crippen LogP contribution in [0.1, 0.15) is 11.9 Å². The van der Waals surface area contributed by atoms with Gasteiger partial charge < -0.3 is 14.2 Å². The van der Waals surface area contributed by atoms with Gasteiger partial charge in [-0.05, 0) is 6.08 Å². The first kappa shape index (κ1) is 13.5. The minimum atomic E-state index is -0.448. The van der Waals surface area contributed by atoms with Crippen LogP contribution in [-0.2, 0) is 19.0 Å². The Morgan fingerprint density at radius 2 is 1.95 bits per heavy atom. The van der Waals surface area contributed by atoms with Crippen molar-refractivity contribution in [2.75, 3.05) is 7.11 Å². The smallest absolute Gasteiger partial charge is 0.330 e. The van der Waals surface area contributed by atoms with Crippen molar-refractivity contribution in [2.45, 2.75) is 18.5 Å². The van der Waals surface area contributed by atoms with Gasteiger partial charge in [-0.2, -0.15) is 0 Å². The van der Waals surface area contributed by atoms with Gasteiger partial charge in [-0.15, -0.1) is 6.58 Å². The maximum atomic E-state index is 11.1. The van der Waals surface area contributed by atoms with Crippen LogP contribution in [0, 0.1) is 0 Å². The zero-order valence-electron chi connectivity index (χ0n) is 10.7. The second kappa shape index (κ2) is 6.31. The molecule has 19 heavy (non-hydrogen) atoms. The van der Waals surface area contributed by atoms with Crippen molar-refractivity contribution in [3.63, 3.8) is 0 Å². The Balaban J connectivity index is 2.08. The third-order valence-corrected chi connectivity index (χ3v) is 2.81. The van der Waals surface area contributed by atoms with E-state index in [1.165, 1.54) is 13.2 Å². The standard InChI is InChI=1S/C15H16O4/c1-3-12-13(9-10-14(16)17-2)19-15(18-12)11-7-5-4-6-8-11/h3-10,12-13,15H,1H2,2H3/b10-9+/t12-,13-,15?/m1/s1. The average molecular weight is 260 g/mol. The van der Waals surface area contributed by atoms with Gasteiger partial charge in [0.05, 0.1) is 7.11 Å². The summed E-state index contributed by atoms with van der Waals surface area (Å²) in [4.78, 5) is 11.1. The summed E-state index contributed by atoms with van der Waals surface area (Å²) in [6.45, 7) is 3.71. The molecule has 1 heterocycles. The molecule has 0 aromatic heterocycles. The van der Waals surface area contributed by atoms with Gasteiger partial charge >= 0.3 is 5.97 Å². The number of benzene rings is 1. The molecule has 3 atom stereocenters. The van der Waals surface area contributed by atoms with E-state index in [0.717, 1.165) is 5.56 Å². The number of carbonyl (C=O) groups excluding carboxylic acids is 1. The first-order valence-electron chi connectivity index (χ1n) is 5.99. The SMILES string of the molecule is C=C[C@H]1OC(c2ccccc2)O[C@@H]1/C=C/C(=O)OC. The molecule has 1 unspecified atom stereocenters. The Hall–Kier alpha value is -1.91. The zero-order chi connectivity index (χ0) is 13.7. The molecule has 0 N–H and O–H groups in total. The number of rotatable bonds is 4. The number of carbonyl (C=O) groups is 1. The molecule has 0 spiro atoms. The van der Waals surface area contributed by atoms with Crippen LogP contribution >= 0.6 is 0 Å². The fourth-order valence-electron chi connectivity index (χ4n) is 1.83. The predicted octanol–water partition coefficient (Wildman–Crippen LogP) is 2.38. The lowest BCUT2D eigenvalue weighted by molar-refractivity contribution is -0.134. The van der Waals surface area contributed by atoms with Crippen LogP contribution in [0.4, 0.5) is 0 Å². The Bertz CT molecular complexity index is 466. The number of hydrogen-bond acceptors (Lipinski definition) is 4. The Morgan fingerprint density at radius 1 is 1.26 bits per heavy atom. The van der Waals surface area contributed by atoms with E-state index < -0.39 is 12.3 Å². The van der Waals surface area contributed by atoms with E-state index >= 15 is 0 Å². The summed E-state index contributed by atoms with van der Waals surface area (Å²) in [5, 5.41) is 0. The van der Waals surface area contributed by atoms with Gasteiger partial charge in [-0.1, -0.05) is 36.4 Å². The topological polar surface area (TPSA) is 44.8 Å². The van der Waals surface area contributed by atoms with E-state index in [1.807, 2.05) is 30.3 Å². The highest BCUT2D eigenvalue weighted by Gasteiger charge is 2.33. The van der Waals surface area contributed by atoms with Crippen LogP contribution in [-0.4, -0.2) is 25.3 Å². The van der Waals surface area contributed by atoms with Crippen molar-refractivity contribution in [1.29, 1.82) is 0 Å². The van der Waals surface area contributed by atoms with Crippen LogP contribution in [0.2, 0.25) is 0 Å². The summed E-state index contributed by atoms with van der Waals surface area (Å²) in [5.41, 5.74) is 0.934. The highest BCUT2D eigenvalue weighted by atomic mass is 16.7. The van der Waals surface area contributed by atoms with E-state index in [1.54, 1.807) is 12.2 Å². The lowest BCUT2D eigenvalue weighted by Crippen LogP contribution is -2.17. The maximum absolute atomic E-state index is 11.1. The first-order valence-corrected chi connectivity index (χ1v) is 5.99. The maximum Gasteiger partial charge on any atom is 0.330 e. The van der Waals surface area contributed by atoms with E-state index in [2.05, 4.69) is 11.3 Å². The Morgan fingerprint density at radius 3 is 2.58 bits per heavy atom. The summed E-state index contributed by atoms with van der Waals surface area (Å²) in [6, 6.07) is 9.62. The van der Waals surface area contributed by atoms with E-state index in [-0.39, 0.29) is 12.2 Å². The lowest BCUT2D eigenvalue weighted by Gasteiger charge is -2.09. The highest BCUT2D eigenvalue weighted by molar-refractivity contribution is 5.81. The number of methoxy groups -OCH3 is 1. The normalized spacial score (nSPS) is 26.5. The van der Waals surface area contributed by atoms with Gasteiger partial charge in [-0.25, -0.2) is 4.79 Å². The summed E-state index contributed by atoms with van der Waals surface area (Å²) < 4.78 is 16.0. The van der Waals surface area contributed by atoms with Crippen molar-refractivity contribution in [3.05, 3.63) is 60.7 Å². The molecule has 2 rings (SSSR count). The monoisotopic (exact) mass is 260 g/mol. The summed E-state index contributed by atoms with van der Waals surface area (Å²) >= 11 is 0. The van der Waals surface area contributed by atoms with Crippen molar-refractivity contribution >= 4 is 5.97 Å². The summed E-state index contributed by atoms with van der Waals surface area (Å²) in [7, 11) is 1.33. The minimum absolute atomic E-state index is 0.286. The lowest BCUT2D eigenvalue weighted by atomic mass is 10.2. The molecule has 1 saturated heterocycles. The number of hydrogen-bond donors (Lipinski definition) is 0. The third kappa shape index (κ3) is 3.30. The number of ether oxygens (including phenoxy) is 3. The molecule has 0 radical (unpaired) electrons. The minimum Gasteiger partial charge on any atom is -0.466 e. The van der Waals surface area contributed by atoms with Crippen LogP contribution in [0.25, 0.3) is 0 Å². The summed E-state index contributed by atoms with van der Waals surface area (Å²) in [5.74, 6) is -0.422. The fraction of sp³-hybridized carbons (Fsp3) is 0.267. The van der Waals surface area contributed by atoms with Crippen LogP contribution < -0.4 is 0 Å². The van der Waals surface area contributed by atoms with E-state index in [9.17, 15) is 4.79 Å². The molecule has 1 aromatic rings. The van der Waals surface area contributed by atoms with Gasteiger partial charge in [0.2, 0.25) is 0 Å². The second-order valence-corrected chi connectivity index (χ2v) is 4.06. The van der Waals surface area contributed by atoms with Gasteiger partial charge in [0, 0.05) is 11.6 Å². The van der Waals surface area contributed by atoms with Crippen LogP contribution in [0.3, 0.4) is 0 Å². The third-order valence-electron chi connectivity index (χ3n) is 2.81. The van der Waals surface area contributed by atoms with Crippen molar-refractivity contribution in [1.82, 2.24) is 0 Å². The Labute approximate surface area is 112 Å². The van der Waals surface area contributed by atoms with Gasteiger partial charge in [0.25, 0.3) is 0 Å². The first-order chi connectivity index (χ1) is 9.24. The van der Waals surface area contributed by atoms with Crippen molar-refractivity contribution < 1.29 is 19.0 Å². The molecule has 1 fully saturated rings. The van der Waals surface area contributed by atoms with E-state index in [4.69, 9.17) is 9.47 Å². The van der Waals surface area contributed by atoms with Crippen molar-refractivity contribution in [2.24, 2.45) is 0 Å². The molecule has 1 aromatic carbocycles. The van der Waals surface area contributed by atoms with Gasteiger partial charge in [-0.3, -0.25) is 0 Å². The molecule has 1 aliphatic heterocycles. The quantitative estimate of drug-likeness (QED) is 0.473. The molecular weight excluding hydrogens is 244 g/mol. The second-order valence-electron chi connectivity index (χ2n) is 4.06. The molecule has 4 heteroatoms. The molecule has 0 saturated carbocycles. The molecule has 4 nitrogen and oxygen atoms in total. The molecule has 0 amide bonds. The van der Waals surface area contributed by atoms with Crippen LogP contribution in [0.5, 0.6) is 0 Å². The predicted molar refractivity (Wildman–Crippen MR) is 70.3 cm³/mol. The molecular formula is C15H16O4. The van der Waals surface area contributed by atoms with Gasteiger partial charge in [0.1, 0.15) is 12.2 Å². The molecule has 100 valence electrons. The van der Waals surface area contributed by atoms with Crippen molar-refractivity contribution in [3.8, 4) is 0 Å². The largest absolute Gasteiger partial charge is 0.466 e. The Kier molecular flexibility index (Phi) is 4.49. The molecule has 0 aliphatic carbocycles. The molecule has 1 aliphatic rings. The zero-order valence-corrected chi connectivity index (χ0v) is 10.7. The number of esters is 1. The van der Waals surface area contributed by atoms with Gasteiger partial charge in [0.15, 0.2) is 6.29 Å². The fourth-order valence-corrected chi connectivity index (χ4v) is 1.83. The van der Waals surface area contributed by atoms with E-state index in [0.29, 0.717) is 0 Å². The van der Waals surface area contributed by atoms with Crippen LogP contribution in [0.15, 0.2) is 55.1 Å². The summed E-state index contributed by atoms with van der Waals surface area (Å²) in [6.07, 6.45) is 3.54.